The first-order chi connectivity index (χ1) is 13.3. The molecule has 0 atom stereocenters. The second-order valence-corrected chi connectivity index (χ2v) is 7.87. The Bertz CT molecular complexity index is 759. The van der Waals surface area contributed by atoms with Gasteiger partial charge >= 0.3 is 0 Å². The maximum absolute atomic E-state index is 12.5. The fourth-order valence-corrected chi connectivity index (χ4v) is 4.36. The Kier molecular flexibility index (Phi) is 6.04. The molecule has 2 N–H and O–H groups in total. The zero-order valence-electron chi connectivity index (χ0n) is 16.1. The zero-order chi connectivity index (χ0) is 18.5. The number of carbonyl (C=O) groups is 1. The van der Waals surface area contributed by atoms with E-state index < -0.39 is 0 Å². The van der Waals surface area contributed by atoms with E-state index in [9.17, 15) is 4.79 Å². The van der Waals surface area contributed by atoms with Crippen LogP contribution in [0.3, 0.4) is 0 Å². The molecule has 1 saturated carbocycles. The number of rotatable bonds is 5. The quantitative estimate of drug-likeness (QED) is 0.785. The summed E-state index contributed by atoms with van der Waals surface area (Å²) in [4.78, 5) is 18.6. The first-order valence-electron chi connectivity index (χ1n) is 10.5. The van der Waals surface area contributed by atoms with E-state index >= 15 is 0 Å². The van der Waals surface area contributed by atoms with Gasteiger partial charge < -0.3 is 19.5 Å². The third-order valence-electron chi connectivity index (χ3n) is 6.02. The third kappa shape index (κ3) is 4.50. The van der Waals surface area contributed by atoms with Gasteiger partial charge in [0.1, 0.15) is 13.1 Å². The lowest BCUT2D eigenvalue weighted by Gasteiger charge is -2.23. The Morgan fingerprint density at radius 3 is 2.74 bits per heavy atom. The molecule has 6 nitrogen and oxygen atoms in total. The van der Waals surface area contributed by atoms with Gasteiger partial charge in [-0.3, -0.25) is 4.79 Å². The van der Waals surface area contributed by atoms with Crippen LogP contribution in [0.5, 0.6) is 0 Å². The summed E-state index contributed by atoms with van der Waals surface area (Å²) in [5, 5.41) is 3.05. The maximum Gasteiger partial charge on any atom is 0.251 e. The number of quaternary nitrogens is 1. The lowest BCUT2D eigenvalue weighted by molar-refractivity contribution is -0.906. The van der Waals surface area contributed by atoms with E-state index in [1.165, 1.54) is 43.4 Å². The van der Waals surface area contributed by atoms with Crippen LogP contribution in [0.4, 0.5) is 0 Å². The van der Waals surface area contributed by atoms with Crippen LogP contribution >= 0.6 is 0 Å². The average molecular weight is 372 g/mol. The summed E-state index contributed by atoms with van der Waals surface area (Å²) in [5.74, 6) is -0.00595. The van der Waals surface area contributed by atoms with Gasteiger partial charge in [0.05, 0.1) is 43.7 Å². The molecule has 1 amide bonds. The molecule has 6 heteroatoms. The number of morpholine rings is 1. The van der Waals surface area contributed by atoms with Crippen molar-refractivity contribution in [3.63, 3.8) is 0 Å². The van der Waals surface area contributed by atoms with Gasteiger partial charge in [-0.1, -0.05) is 25.7 Å². The Hall–Kier alpha value is -1.92. The zero-order valence-corrected chi connectivity index (χ0v) is 16.1. The predicted octanol–water partition coefficient (Wildman–Crippen LogP) is 1.58. The van der Waals surface area contributed by atoms with E-state index in [4.69, 9.17) is 4.74 Å². The van der Waals surface area contributed by atoms with Gasteiger partial charge in [-0.15, -0.1) is 0 Å². The number of nitrogens with one attached hydrogen (secondary N) is 2. The van der Waals surface area contributed by atoms with Gasteiger partial charge in [0.25, 0.3) is 5.91 Å². The van der Waals surface area contributed by atoms with E-state index in [-0.39, 0.29) is 5.91 Å². The lowest BCUT2D eigenvalue weighted by Crippen LogP contribution is -3.14. The SMILES string of the molecule is O=C(NCC[NH+]1CCOCC1)c1ccc2c(c1)ncn2C1CCCCCC1. The Labute approximate surface area is 160 Å². The van der Waals surface area contributed by atoms with E-state index in [0.29, 0.717) is 18.2 Å². The summed E-state index contributed by atoms with van der Waals surface area (Å²) >= 11 is 0. The Balaban J connectivity index is 1.38. The highest BCUT2D eigenvalue weighted by Crippen LogP contribution is 2.30. The molecule has 1 aliphatic heterocycles. The minimum atomic E-state index is -0.00595. The van der Waals surface area contributed by atoms with Crippen molar-refractivity contribution in [2.24, 2.45) is 0 Å². The first kappa shape index (κ1) is 18.4. The number of carbonyl (C=O) groups excluding carboxylic acids is 1. The number of imidazole rings is 1. The number of amides is 1. The molecule has 2 aromatic rings. The van der Waals surface area contributed by atoms with Crippen molar-refractivity contribution in [3.8, 4) is 0 Å². The van der Waals surface area contributed by atoms with Gasteiger partial charge in [-0.25, -0.2) is 4.98 Å². The van der Waals surface area contributed by atoms with Gasteiger partial charge in [0.2, 0.25) is 0 Å². The standard InChI is InChI=1S/C21H30N4O2/c26-21(22-9-10-24-11-13-27-14-12-24)17-7-8-20-19(15-17)23-16-25(20)18-5-3-1-2-4-6-18/h7-8,15-16,18H,1-6,9-14H2,(H,22,26)/p+1. The van der Waals surface area contributed by atoms with Gasteiger partial charge in [0.15, 0.2) is 0 Å². The Morgan fingerprint density at radius 2 is 1.96 bits per heavy atom. The third-order valence-corrected chi connectivity index (χ3v) is 6.02. The number of ether oxygens (including phenoxy) is 1. The molecule has 1 aromatic carbocycles. The van der Waals surface area contributed by atoms with Crippen molar-refractivity contribution in [1.29, 1.82) is 0 Å². The smallest absolute Gasteiger partial charge is 0.251 e. The van der Waals surface area contributed by atoms with E-state index in [1.807, 2.05) is 18.5 Å². The molecule has 0 unspecified atom stereocenters. The van der Waals surface area contributed by atoms with Crippen LogP contribution < -0.4 is 10.2 Å². The van der Waals surface area contributed by atoms with Gasteiger partial charge in [-0.05, 0) is 31.0 Å². The maximum atomic E-state index is 12.5. The van der Waals surface area contributed by atoms with Crippen LogP contribution in [0.15, 0.2) is 24.5 Å². The van der Waals surface area contributed by atoms with Gasteiger partial charge in [-0.2, -0.15) is 0 Å². The molecule has 1 aliphatic carbocycles. The van der Waals surface area contributed by atoms with E-state index in [0.717, 1.165) is 43.9 Å². The van der Waals surface area contributed by atoms with E-state index in [2.05, 4.69) is 20.9 Å². The van der Waals surface area contributed by atoms with E-state index in [1.54, 1.807) is 0 Å². The van der Waals surface area contributed by atoms with Crippen molar-refractivity contribution in [2.45, 2.75) is 44.6 Å². The Morgan fingerprint density at radius 1 is 1.19 bits per heavy atom. The number of aromatic nitrogens is 2. The highest BCUT2D eigenvalue weighted by atomic mass is 16.5. The fraction of sp³-hybridized carbons (Fsp3) is 0.619. The topological polar surface area (TPSA) is 60.6 Å². The summed E-state index contributed by atoms with van der Waals surface area (Å²) < 4.78 is 7.70. The van der Waals surface area contributed by atoms with Crippen LogP contribution in [0.25, 0.3) is 11.0 Å². The average Bonchev–Trinajstić information content (AvgIpc) is 2.93. The van der Waals surface area contributed by atoms with Crippen LogP contribution in [0.2, 0.25) is 0 Å². The minimum absolute atomic E-state index is 0.00595. The van der Waals surface area contributed by atoms with Crippen LogP contribution in [-0.2, 0) is 4.74 Å². The number of nitrogens with zero attached hydrogens (tertiary/aromatic N) is 2. The molecule has 2 heterocycles. The number of benzene rings is 1. The molecule has 0 spiro atoms. The fourth-order valence-electron chi connectivity index (χ4n) is 4.36. The monoisotopic (exact) mass is 371 g/mol. The number of hydrogen-bond acceptors (Lipinski definition) is 3. The summed E-state index contributed by atoms with van der Waals surface area (Å²) in [6.07, 6.45) is 9.73. The second-order valence-electron chi connectivity index (χ2n) is 7.87. The molecule has 27 heavy (non-hydrogen) atoms. The van der Waals surface area contributed by atoms with Crippen LogP contribution in [0, 0.1) is 0 Å². The van der Waals surface area contributed by atoms with Crippen molar-refractivity contribution in [1.82, 2.24) is 14.9 Å². The minimum Gasteiger partial charge on any atom is -0.370 e. The largest absolute Gasteiger partial charge is 0.370 e. The lowest BCUT2D eigenvalue weighted by atomic mass is 10.1. The molecular weight excluding hydrogens is 340 g/mol. The van der Waals surface area contributed by atoms with Crippen molar-refractivity contribution >= 4 is 16.9 Å². The number of hydrogen-bond donors (Lipinski definition) is 2. The normalized spacial score (nSPS) is 19.9. The molecule has 146 valence electrons. The predicted molar refractivity (Wildman–Crippen MR) is 105 cm³/mol. The summed E-state index contributed by atoms with van der Waals surface area (Å²) in [6, 6.07) is 6.48. The molecule has 1 aromatic heterocycles. The molecule has 0 radical (unpaired) electrons. The van der Waals surface area contributed by atoms with Crippen LogP contribution in [-0.4, -0.2) is 54.9 Å². The van der Waals surface area contributed by atoms with Crippen molar-refractivity contribution < 1.29 is 14.4 Å². The molecule has 2 aliphatic rings. The van der Waals surface area contributed by atoms with Gasteiger partial charge in [0, 0.05) is 11.6 Å². The second kappa shape index (κ2) is 8.85. The van der Waals surface area contributed by atoms with Crippen molar-refractivity contribution in [3.05, 3.63) is 30.1 Å². The molecular formula is C21H31N4O2+. The summed E-state index contributed by atoms with van der Waals surface area (Å²) in [5.41, 5.74) is 2.77. The molecule has 1 saturated heterocycles. The summed E-state index contributed by atoms with van der Waals surface area (Å²) in [6.45, 7) is 5.35. The molecule has 0 bridgehead atoms. The van der Waals surface area contributed by atoms with Crippen LogP contribution in [0.1, 0.15) is 54.9 Å². The molecule has 4 rings (SSSR count). The first-order valence-corrected chi connectivity index (χ1v) is 10.5. The highest BCUT2D eigenvalue weighted by Gasteiger charge is 2.18. The highest BCUT2D eigenvalue weighted by molar-refractivity contribution is 5.97. The van der Waals surface area contributed by atoms with Crippen molar-refractivity contribution in [2.75, 3.05) is 39.4 Å². The number of fused-ring (bicyclic) bond motifs is 1. The summed E-state index contributed by atoms with van der Waals surface area (Å²) in [7, 11) is 0. The molecule has 2 fully saturated rings.